The highest BCUT2D eigenvalue weighted by molar-refractivity contribution is 5.96. The summed E-state index contributed by atoms with van der Waals surface area (Å²) in [6.45, 7) is 3.95. The van der Waals surface area contributed by atoms with E-state index in [0.717, 1.165) is 17.1 Å². The number of hydrogen-bond donors (Lipinski definition) is 2. The Morgan fingerprint density at radius 2 is 1.86 bits per heavy atom. The summed E-state index contributed by atoms with van der Waals surface area (Å²) in [6.07, 6.45) is -0.0802. The molecule has 2 aromatic rings. The van der Waals surface area contributed by atoms with Crippen LogP contribution in [0.1, 0.15) is 28.2 Å². The van der Waals surface area contributed by atoms with E-state index in [-0.39, 0.29) is 18.9 Å². The number of carbonyl (C=O) groups excluding carboxylic acids is 1. The number of hydrogen-bond acceptors (Lipinski definition) is 2. The summed E-state index contributed by atoms with van der Waals surface area (Å²) in [7, 11) is 0. The first-order valence-electron chi connectivity index (χ1n) is 6.75. The third-order valence-electron chi connectivity index (χ3n) is 3.31. The van der Waals surface area contributed by atoms with Crippen LogP contribution in [0.25, 0.3) is 5.69 Å². The maximum atomic E-state index is 12.1. The van der Waals surface area contributed by atoms with Gasteiger partial charge in [-0.25, -0.2) is 0 Å². The van der Waals surface area contributed by atoms with Gasteiger partial charge in [0.2, 0.25) is 0 Å². The molecule has 0 atom stereocenters. The van der Waals surface area contributed by atoms with E-state index in [2.05, 4.69) is 5.32 Å². The second-order valence-electron chi connectivity index (χ2n) is 4.86. The number of carboxylic acids is 1. The third-order valence-corrected chi connectivity index (χ3v) is 3.31. The van der Waals surface area contributed by atoms with Gasteiger partial charge in [-0.1, -0.05) is 18.2 Å². The van der Waals surface area contributed by atoms with Crippen LogP contribution < -0.4 is 5.32 Å². The van der Waals surface area contributed by atoms with Crippen molar-refractivity contribution in [2.45, 2.75) is 20.3 Å². The number of aryl methyl sites for hydroxylation is 1. The highest BCUT2D eigenvalue weighted by Gasteiger charge is 2.16. The van der Waals surface area contributed by atoms with Crippen molar-refractivity contribution in [3.63, 3.8) is 0 Å². The minimum Gasteiger partial charge on any atom is -0.481 e. The highest BCUT2D eigenvalue weighted by atomic mass is 16.4. The van der Waals surface area contributed by atoms with Crippen LogP contribution in [-0.2, 0) is 4.79 Å². The molecule has 0 radical (unpaired) electrons. The molecule has 0 unspecified atom stereocenters. The number of carbonyl (C=O) groups is 2. The van der Waals surface area contributed by atoms with E-state index in [0.29, 0.717) is 5.56 Å². The van der Waals surface area contributed by atoms with E-state index in [1.165, 1.54) is 0 Å². The lowest BCUT2D eigenvalue weighted by molar-refractivity contribution is -0.136. The lowest BCUT2D eigenvalue weighted by Gasteiger charge is -2.09. The molecule has 2 N–H and O–H groups in total. The fourth-order valence-corrected chi connectivity index (χ4v) is 2.35. The first-order chi connectivity index (χ1) is 10.0. The fraction of sp³-hybridized carbons (Fsp3) is 0.250. The molecule has 5 heteroatoms. The van der Waals surface area contributed by atoms with Gasteiger partial charge in [-0.3, -0.25) is 9.59 Å². The monoisotopic (exact) mass is 286 g/mol. The quantitative estimate of drug-likeness (QED) is 0.886. The molecule has 1 aromatic heterocycles. The zero-order valence-corrected chi connectivity index (χ0v) is 12.1. The Labute approximate surface area is 123 Å². The van der Waals surface area contributed by atoms with Crippen molar-refractivity contribution in [3.05, 3.63) is 53.3 Å². The number of nitrogens with one attached hydrogen (secondary N) is 1. The summed E-state index contributed by atoms with van der Waals surface area (Å²) in [5.74, 6) is -1.17. The van der Waals surface area contributed by atoms with Crippen LogP contribution in [0.5, 0.6) is 0 Å². The van der Waals surface area contributed by atoms with E-state index in [1.807, 2.05) is 54.8 Å². The Morgan fingerprint density at radius 1 is 1.19 bits per heavy atom. The van der Waals surface area contributed by atoms with Crippen molar-refractivity contribution in [2.75, 3.05) is 6.54 Å². The number of nitrogens with zero attached hydrogens (tertiary/aromatic N) is 1. The topological polar surface area (TPSA) is 71.3 Å². The van der Waals surface area contributed by atoms with Gasteiger partial charge in [0.15, 0.2) is 0 Å². The SMILES string of the molecule is Cc1cc(C(=O)NCCC(=O)O)c(C)n1-c1ccccc1. The van der Waals surface area contributed by atoms with Gasteiger partial charge >= 0.3 is 5.97 Å². The molecule has 0 fully saturated rings. The van der Waals surface area contributed by atoms with Crippen LogP contribution in [0.4, 0.5) is 0 Å². The highest BCUT2D eigenvalue weighted by Crippen LogP contribution is 2.20. The Hall–Kier alpha value is -2.56. The summed E-state index contributed by atoms with van der Waals surface area (Å²) in [5, 5.41) is 11.2. The Balaban J connectivity index is 2.23. The zero-order chi connectivity index (χ0) is 15.4. The molecule has 5 nitrogen and oxygen atoms in total. The third kappa shape index (κ3) is 3.31. The van der Waals surface area contributed by atoms with Crippen LogP contribution in [0.15, 0.2) is 36.4 Å². The average Bonchev–Trinajstić information content (AvgIpc) is 2.74. The number of aromatic nitrogens is 1. The number of aliphatic carboxylic acids is 1. The molecular weight excluding hydrogens is 268 g/mol. The van der Waals surface area contributed by atoms with Crippen molar-refractivity contribution < 1.29 is 14.7 Å². The molecule has 0 aliphatic heterocycles. The summed E-state index contributed by atoms with van der Waals surface area (Å²) >= 11 is 0. The van der Waals surface area contributed by atoms with Gasteiger partial charge in [0.25, 0.3) is 5.91 Å². The number of amides is 1. The van der Waals surface area contributed by atoms with Crippen LogP contribution in [0, 0.1) is 13.8 Å². The van der Waals surface area contributed by atoms with Crippen LogP contribution >= 0.6 is 0 Å². The van der Waals surface area contributed by atoms with Crippen molar-refractivity contribution in [3.8, 4) is 5.69 Å². The summed E-state index contributed by atoms with van der Waals surface area (Å²) in [4.78, 5) is 22.6. The summed E-state index contributed by atoms with van der Waals surface area (Å²) in [6, 6.07) is 11.6. The second-order valence-corrected chi connectivity index (χ2v) is 4.86. The molecule has 0 saturated heterocycles. The van der Waals surface area contributed by atoms with Gasteiger partial charge in [0.05, 0.1) is 12.0 Å². The Bertz CT molecular complexity index is 660. The largest absolute Gasteiger partial charge is 0.481 e. The van der Waals surface area contributed by atoms with E-state index in [4.69, 9.17) is 5.11 Å². The van der Waals surface area contributed by atoms with Crippen molar-refractivity contribution >= 4 is 11.9 Å². The van der Waals surface area contributed by atoms with E-state index in [1.54, 1.807) is 0 Å². The molecule has 110 valence electrons. The Morgan fingerprint density at radius 3 is 2.48 bits per heavy atom. The molecule has 0 aliphatic rings. The minimum atomic E-state index is -0.926. The first-order valence-corrected chi connectivity index (χ1v) is 6.75. The number of carboxylic acid groups (broad SMARTS) is 1. The smallest absolute Gasteiger partial charge is 0.305 e. The predicted octanol–water partition coefficient (Wildman–Crippen LogP) is 2.30. The molecule has 0 aliphatic carbocycles. The van der Waals surface area contributed by atoms with Gasteiger partial charge in [0.1, 0.15) is 0 Å². The van der Waals surface area contributed by atoms with Crippen LogP contribution in [-0.4, -0.2) is 28.1 Å². The zero-order valence-electron chi connectivity index (χ0n) is 12.1. The van der Waals surface area contributed by atoms with Crippen molar-refractivity contribution in [1.82, 2.24) is 9.88 Å². The fourth-order valence-electron chi connectivity index (χ4n) is 2.35. The van der Waals surface area contributed by atoms with Gasteiger partial charge < -0.3 is 15.0 Å². The lowest BCUT2D eigenvalue weighted by Crippen LogP contribution is -2.26. The molecule has 0 bridgehead atoms. The Kier molecular flexibility index (Phi) is 4.42. The van der Waals surface area contributed by atoms with Crippen LogP contribution in [0.2, 0.25) is 0 Å². The van der Waals surface area contributed by atoms with Crippen LogP contribution in [0.3, 0.4) is 0 Å². The predicted molar refractivity (Wildman–Crippen MR) is 79.8 cm³/mol. The standard InChI is InChI=1S/C16H18N2O3/c1-11-10-14(16(21)17-9-8-15(19)20)12(2)18(11)13-6-4-3-5-7-13/h3-7,10H,8-9H2,1-2H3,(H,17,21)(H,19,20). The van der Waals surface area contributed by atoms with Gasteiger partial charge in [-0.15, -0.1) is 0 Å². The van der Waals surface area contributed by atoms with Gasteiger partial charge in [-0.05, 0) is 32.0 Å². The number of para-hydroxylation sites is 1. The molecule has 1 amide bonds. The second kappa shape index (κ2) is 6.26. The molecule has 0 spiro atoms. The van der Waals surface area contributed by atoms with E-state index < -0.39 is 5.97 Å². The van der Waals surface area contributed by atoms with E-state index >= 15 is 0 Å². The van der Waals surface area contributed by atoms with Gasteiger partial charge in [-0.2, -0.15) is 0 Å². The number of benzene rings is 1. The molecule has 0 saturated carbocycles. The lowest BCUT2D eigenvalue weighted by atomic mass is 10.2. The van der Waals surface area contributed by atoms with Crippen molar-refractivity contribution in [2.24, 2.45) is 0 Å². The van der Waals surface area contributed by atoms with E-state index in [9.17, 15) is 9.59 Å². The molecular formula is C16H18N2O3. The molecule has 2 rings (SSSR count). The minimum absolute atomic E-state index is 0.0802. The first kappa shape index (κ1) is 14.8. The summed E-state index contributed by atoms with van der Waals surface area (Å²) < 4.78 is 2.01. The van der Waals surface area contributed by atoms with Gasteiger partial charge in [0, 0.05) is 23.6 Å². The molecule has 21 heavy (non-hydrogen) atoms. The van der Waals surface area contributed by atoms with Crippen molar-refractivity contribution in [1.29, 1.82) is 0 Å². The average molecular weight is 286 g/mol. The summed E-state index contributed by atoms with van der Waals surface area (Å²) in [5.41, 5.74) is 3.37. The molecule has 1 heterocycles. The normalized spacial score (nSPS) is 10.4. The number of rotatable bonds is 5. The maximum Gasteiger partial charge on any atom is 0.305 e. The molecule has 1 aromatic carbocycles. The maximum absolute atomic E-state index is 12.1.